The average Bonchev–Trinajstić information content (AvgIpc) is 3.14. The molecule has 2 aliphatic heterocycles. The van der Waals surface area contributed by atoms with Crippen LogP contribution in [0.5, 0.6) is 0 Å². The zero-order valence-corrected chi connectivity index (χ0v) is 21.8. The van der Waals surface area contributed by atoms with Crippen molar-refractivity contribution in [2.45, 2.75) is 19.3 Å². The lowest BCUT2D eigenvalue weighted by Crippen LogP contribution is -2.40. The number of halogens is 2. The molecule has 0 aliphatic carbocycles. The van der Waals surface area contributed by atoms with Gasteiger partial charge in [0.1, 0.15) is 23.4 Å². The number of anilines is 2. The minimum Gasteiger partial charge on any atom is -0.369 e. The quantitative estimate of drug-likeness (QED) is 0.491. The maximum Gasteiger partial charge on any atom is 0.153 e. The molecule has 0 spiro atoms. The van der Waals surface area contributed by atoms with Gasteiger partial charge >= 0.3 is 0 Å². The standard InChI is InChI=1S/C27H30F2N6O2S/c28-23-14-20(3-4-21(23)17-30)26-16-27(32-18-19-2-1-8-31-9-7-19)33-35(26)25-6-5-22(15-24(25)29)34-10-12-38(36,37)13-11-34/h3-6,14-16,19,31H,1-2,7-13,18H2,(H,32,33)/t19-/m0/s1. The average molecular weight is 541 g/mol. The second kappa shape index (κ2) is 11.1. The van der Waals surface area contributed by atoms with Gasteiger partial charge in [0.2, 0.25) is 0 Å². The first-order valence-corrected chi connectivity index (χ1v) is 14.6. The van der Waals surface area contributed by atoms with E-state index in [1.165, 1.54) is 22.9 Å². The van der Waals surface area contributed by atoms with Gasteiger partial charge in [-0.2, -0.15) is 5.26 Å². The molecule has 3 aromatic rings. The molecule has 2 fully saturated rings. The fourth-order valence-corrected chi connectivity index (χ4v) is 6.20. The van der Waals surface area contributed by atoms with Crippen LogP contribution in [0.1, 0.15) is 24.8 Å². The Labute approximate surface area is 221 Å². The molecular weight excluding hydrogens is 510 g/mol. The van der Waals surface area contributed by atoms with Crippen LogP contribution in [0.3, 0.4) is 0 Å². The number of nitrogens with zero attached hydrogens (tertiary/aromatic N) is 4. The van der Waals surface area contributed by atoms with Crippen molar-refractivity contribution in [1.29, 1.82) is 5.26 Å². The molecule has 0 radical (unpaired) electrons. The number of hydrogen-bond donors (Lipinski definition) is 2. The molecular formula is C27H30F2N6O2S. The van der Waals surface area contributed by atoms with E-state index in [-0.39, 0.29) is 22.8 Å². The molecule has 2 aliphatic rings. The number of hydrogen-bond acceptors (Lipinski definition) is 7. The third kappa shape index (κ3) is 5.81. The highest BCUT2D eigenvalue weighted by Gasteiger charge is 2.23. The summed E-state index contributed by atoms with van der Waals surface area (Å²) in [5.41, 5.74) is 1.66. The van der Waals surface area contributed by atoms with E-state index in [4.69, 9.17) is 5.26 Å². The topological polar surface area (TPSA) is 103 Å². The van der Waals surface area contributed by atoms with Gasteiger partial charge in [-0.3, -0.25) is 0 Å². The molecule has 2 aromatic carbocycles. The number of rotatable bonds is 6. The number of nitrogens with one attached hydrogen (secondary N) is 2. The van der Waals surface area contributed by atoms with Crippen LogP contribution in [0.2, 0.25) is 0 Å². The van der Waals surface area contributed by atoms with Crippen molar-refractivity contribution in [2.24, 2.45) is 5.92 Å². The fourth-order valence-electron chi connectivity index (χ4n) is 5.00. The molecule has 38 heavy (non-hydrogen) atoms. The highest BCUT2D eigenvalue weighted by atomic mass is 32.2. The molecule has 0 amide bonds. The number of sulfone groups is 1. The molecule has 0 bridgehead atoms. The Bertz CT molecular complexity index is 1440. The predicted octanol–water partition coefficient (Wildman–Crippen LogP) is 3.73. The van der Waals surface area contributed by atoms with Crippen LogP contribution >= 0.6 is 0 Å². The molecule has 8 nitrogen and oxygen atoms in total. The zero-order valence-electron chi connectivity index (χ0n) is 21.0. The molecule has 1 aromatic heterocycles. The summed E-state index contributed by atoms with van der Waals surface area (Å²) in [7, 11) is -3.05. The van der Waals surface area contributed by atoms with Crippen molar-refractivity contribution < 1.29 is 17.2 Å². The molecule has 5 rings (SSSR count). The molecule has 200 valence electrons. The van der Waals surface area contributed by atoms with Crippen LogP contribution in [0.25, 0.3) is 16.9 Å². The number of nitriles is 1. The minimum absolute atomic E-state index is 0.0377. The maximum atomic E-state index is 15.5. The normalized spacial score (nSPS) is 19.5. The second-order valence-electron chi connectivity index (χ2n) is 9.84. The summed E-state index contributed by atoms with van der Waals surface area (Å²) in [6, 6.07) is 12.6. The van der Waals surface area contributed by atoms with Crippen molar-refractivity contribution in [3.05, 3.63) is 59.7 Å². The van der Waals surface area contributed by atoms with Gasteiger partial charge in [-0.25, -0.2) is 21.9 Å². The first-order valence-electron chi connectivity index (χ1n) is 12.8. The Hall–Kier alpha value is -3.49. The summed E-state index contributed by atoms with van der Waals surface area (Å²) in [6.45, 7) is 3.32. The third-order valence-electron chi connectivity index (χ3n) is 7.23. The van der Waals surface area contributed by atoms with Gasteiger partial charge in [0.15, 0.2) is 15.7 Å². The van der Waals surface area contributed by atoms with Crippen LogP contribution < -0.4 is 15.5 Å². The van der Waals surface area contributed by atoms with E-state index in [0.29, 0.717) is 41.8 Å². The van der Waals surface area contributed by atoms with E-state index < -0.39 is 21.5 Å². The fraction of sp³-hybridized carbons (Fsp3) is 0.407. The zero-order chi connectivity index (χ0) is 26.7. The van der Waals surface area contributed by atoms with Gasteiger partial charge < -0.3 is 15.5 Å². The summed E-state index contributed by atoms with van der Waals surface area (Å²) >= 11 is 0. The molecule has 0 saturated carbocycles. The van der Waals surface area contributed by atoms with E-state index in [1.807, 2.05) is 11.0 Å². The molecule has 0 unspecified atom stereocenters. The van der Waals surface area contributed by atoms with Gasteiger partial charge in [0.25, 0.3) is 0 Å². The number of benzene rings is 2. The van der Waals surface area contributed by atoms with E-state index >= 15 is 4.39 Å². The smallest absolute Gasteiger partial charge is 0.153 e. The van der Waals surface area contributed by atoms with Crippen LogP contribution in [0, 0.1) is 28.9 Å². The molecule has 2 saturated heterocycles. The Morgan fingerprint density at radius 1 is 1.05 bits per heavy atom. The summed E-state index contributed by atoms with van der Waals surface area (Å²) in [5.74, 6) is -0.0848. The van der Waals surface area contributed by atoms with Crippen molar-refractivity contribution in [2.75, 3.05) is 54.4 Å². The van der Waals surface area contributed by atoms with Crippen LogP contribution in [-0.4, -0.2) is 62.4 Å². The van der Waals surface area contributed by atoms with Gasteiger partial charge in [-0.15, -0.1) is 5.10 Å². The Kier molecular flexibility index (Phi) is 7.63. The van der Waals surface area contributed by atoms with Crippen molar-refractivity contribution >= 4 is 21.3 Å². The summed E-state index contributed by atoms with van der Waals surface area (Å²) in [4.78, 5) is 1.85. The second-order valence-corrected chi connectivity index (χ2v) is 12.1. The molecule has 1 atom stereocenters. The van der Waals surface area contributed by atoms with Gasteiger partial charge in [-0.1, -0.05) is 6.07 Å². The summed E-state index contributed by atoms with van der Waals surface area (Å²) in [5, 5.41) is 20.5. The predicted molar refractivity (Wildman–Crippen MR) is 143 cm³/mol. The Balaban J connectivity index is 1.46. The van der Waals surface area contributed by atoms with E-state index in [0.717, 1.165) is 38.9 Å². The SMILES string of the molecule is N#Cc1ccc(-c2cc(NC[C@H]3CCCNCC3)nn2-c2ccc(N3CCS(=O)(=O)CC3)cc2F)cc1F. The van der Waals surface area contributed by atoms with Gasteiger partial charge in [0.05, 0.1) is 22.8 Å². The highest BCUT2D eigenvalue weighted by Crippen LogP contribution is 2.30. The van der Waals surface area contributed by atoms with Crippen LogP contribution in [0.4, 0.5) is 20.3 Å². The molecule has 3 heterocycles. The van der Waals surface area contributed by atoms with Crippen LogP contribution in [0.15, 0.2) is 42.5 Å². The summed E-state index contributed by atoms with van der Waals surface area (Å²) in [6.07, 6.45) is 3.26. The lowest BCUT2D eigenvalue weighted by atomic mass is 10.0. The van der Waals surface area contributed by atoms with Gasteiger partial charge in [-0.05, 0) is 68.6 Å². The van der Waals surface area contributed by atoms with Crippen molar-refractivity contribution in [3.63, 3.8) is 0 Å². The highest BCUT2D eigenvalue weighted by molar-refractivity contribution is 7.91. The summed E-state index contributed by atoms with van der Waals surface area (Å²) < 4.78 is 55.0. The van der Waals surface area contributed by atoms with E-state index in [9.17, 15) is 12.8 Å². The monoisotopic (exact) mass is 540 g/mol. The Morgan fingerprint density at radius 3 is 2.61 bits per heavy atom. The van der Waals surface area contributed by atoms with Crippen LogP contribution in [-0.2, 0) is 9.84 Å². The van der Waals surface area contributed by atoms with Crippen molar-refractivity contribution in [1.82, 2.24) is 15.1 Å². The lowest BCUT2D eigenvalue weighted by Gasteiger charge is -2.29. The number of aromatic nitrogens is 2. The van der Waals surface area contributed by atoms with Gasteiger partial charge in [0, 0.05) is 37.0 Å². The van der Waals surface area contributed by atoms with Crippen molar-refractivity contribution in [3.8, 4) is 23.0 Å². The first-order chi connectivity index (χ1) is 18.3. The van der Waals surface area contributed by atoms with E-state index in [2.05, 4.69) is 15.7 Å². The maximum absolute atomic E-state index is 15.5. The largest absolute Gasteiger partial charge is 0.369 e. The molecule has 2 N–H and O–H groups in total. The lowest BCUT2D eigenvalue weighted by molar-refractivity contribution is 0.495. The molecule has 11 heteroatoms. The third-order valence-corrected chi connectivity index (χ3v) is 8.84. The van der Waals surface area contributed by atoms with E-state index in [1.54, 1.807) is 24.3 Å². The minimum atomic E-state index is -3.05. The first kappa shape index (κ1) is 26.1. The Morgan fingerprint density at radius 2 is 1.87 bits per heavy atom.